The van der Waals surface area contributed by atoms with Crippen LogP contribution in [0.1, 0.15) is 26.3 Å². The van der Waals surface area contributed by atoms with Crippen molar-refractivity contribution in [2.45, 2.75) is 6.18 Å². The standard InChI is InChI=1S/C15H6BrClF3NO2/c16-10-6-11(17)12(5-9(10)15(18,19)20)21-13(22)7-3-1-2-4-8(7)14(21)23/h1-6H. The lowest BCUT2D eigenvalue weighted by Gasteiger charge is -2.18. The summed E-state index contributed by atoms with van der Waals surface area (Å²) >= 11 is 8.75. The number of carbonyl (C=O) groups excluding carboxylic acids is 2. The molecule has 2 amide bonds. The Kier molecular flexibility index (Phi) is 3.72. The molecule has 1 heterocycles. The number of imide groups is 1. The van der Waals surface area contributed by atoms with E-state index in [0.717, 1.165) is 6.07 Å². The zero-order chi connectivity index (χ0) is 16.9. The van der Waals surface area contributed by atoms with Crippen molar-refractivity contribution >= 4 is 45.0 Å². The van der Waals surface area contributed by atoms with E-state index < -0.39 is 23.6 Å². The molecule has 0 aromatic heterocycles. The summed E-state index contributed by atoms with van der Waals surface area (Å²) in [5.41, 5.74) is -1.06. The van der Waals surface area contributed by atoms with Gasteiger partial charge in [0.1, 0.15) is 0 Å². The van der Waals surface area contributed by atoms with E-state index in [4.69, 9.17) is 11.6 Å². The Balaban J connectivity index is 2.18. The fourth-order valence-corrected chi connectivity index (χ4v) is 3.28. The Morgan fingerprint density at radius 2 is 1.52 bits per heavy atom. The van der Waals surface area contributed by atoms with Gasteiger partial charge in [-0.2, -0.15) is 13.2 Å². The molecule has 3 nitrogen and oxygen atoms in total. The van der Waals surface area contributed by atoms with Crippen molar-refractivity contribution < 1.29 is 22.8 Å². The highest BCUT2D eigenvalue weighted by atomic mass is 79.9. The van der Waals surface area contributed by atoms with Crippen molar-refractivity contribution in [3.8, 4) is 0 Å². The number of anilines is 1. The maximum atomic E-state index is 13.0. The fourth-order valence-electron chi connectivity index (χ4n) is 2.33. The van der Waals surface area contributed by atoms with Crippen LogP contribution in [0.5, 0.6) is 0 Å². The predicted molar refractivity (Wildman–Crippen MR) is 81.7 cm³/mol. The van der Waals surface area contributed by atoms with Crippen LogP contribution in [0.25, 0.3) is 0 Å². The fraction of sp³-hybridized carbons (Fsp3) is 0.0667. The van der Waals surface area contributed by atoms with Crippen LogP contribution < -0.4 is 4.90 Å². The van der Waals surface area contributed by atoms with E-state index in [-0.39, 0.29) is 26.3 Å². The lowest BCUT2D eigenvalue weighted by atomic mass is 10.1. The molecule has 0 aliphatic carbocycles. The van der Waals surface area contributed by atoms with Crippen LogP contribution in [-0.4, -0.2) is 11.8 Å². The van der Waals surface area contributed by atoms with Gasteiger partial charge in [-0.3, -0.25) is 9.59 Å². The van der Waals surface area contributed by atoms with Gasteiger partial charge in [0.25, 0.3) is 11.8 Å². The summed E-state index contributed by atoms with van der Waals surface area (Å²) in [6.45, 7) is 0. The van der Waals surface area contributed by atoms with Gasteiger partial charge in [0.2, 0.25) is 0 Å². The van der Waals surface area contributed by atoms with Crippen LogP contribution in [0, 0.1) is 0 Å². The lowest BCUT2D eigenvalue weighted by molar-refractivity contribution is -0.138. The first-order chi connectivity index (χ1) is 10.7. The molecule has 2 aromatic carbocycles. The number of hydrogen-bond acceptors (Lipinski definition) is 2. The minimum Gasteiger partial charge on any atom is -0.268 e. The predicted octanol–water partition coefficient (Wildman–Crippen LogP) is 4.92. The van der Waals surface area contributed by atoms with E-state index in [9.17, 15) is 22.8 Å². The van der Waals surface area contributed by atoms with Crippen LogP contribution in [0.4, 0.5) is 18.9 Å². The largest absolute Gasteiger partial charge is 0.417 e. The second-order valence-corrected chi connectivity index (χ2v) is 6.03. The highest BCUT2D eigenvalue weighted by Gasteiger charge is 2.40. The van der Waals surface area contributed by atoms with Gasteiger partial charge >= 0.3 is 6.18 Å². The van der Waals surface area contributed by atoms with E-state index >= 15 is 0 Å². The van der Waals surface area contributed by atoms with Gasteiger partial charge in [-0.1, -0.05) is 39.7 Å². The van der Waals surface area contributed by atoms with Crippen LogP contribution in [0.3, 0.4) is 0 Å². The van der Waals surface area contributed by atoms with Gasteiger partial charge in [-0.25, -0.2) is 4.90 Å². The average Bonchev–Trinajstić information content (AvgIpc) is 2.71. The van der Waals surface area contributed by atoms with Crippen LogP contribution in [0.2, 0.25) is 5.02 Å². The number of fused-ring (bicyclic) bond motifs is 1. The molecule has 0 fully saturated rings. The Hall–Kier alpha value is -1.86. The van der Waals surface area contributed by atoms with Gasteiger partial charge < -0.3 is 0 Å². The Morgan fingerprint density at radius 1 is 1.00 bits per heavy atom. The van der Waals surface area contributed by atoms with Crippen molar-refractivity contribution in [3.05, 3.63) is 62.6 Å². The molecule has 0 atom stereocenters. The second-order valence-electron chi connectivity index (χ2n) is 4.77. The lowest BCUT2D eigenvalue weighted by Crippen LogP contribution is -2.30. The molecule has 118 valence electrons. The van der Waals surface area contributed by atoms with Gasteiger partial charge in [-0.05, 0) is 24.3 Å². The van der Waals surface area contributed by atoms with Crippen molar-refractivity contribution in [2.75, 3.05) is 4.90 Å². The molecule has 1 aliphatic rings. The highest BCUT2D eigenvalue weighted by Crippen LogP contribution is 2.42. The molecule has 2 aromatic rings. The monoisotopic (exact) mass is 403 g/mol. The Morgan fingerprint density at radius 3 is 2.00 bits per heavy atom. The molecule has 0 unspecified atom stereocenters. The molecule has 8 heteroatoms. The number of carbonyl (C=O) groups is 2. The Bertz CT molecular complexity index is 816. The maximum Gasteiger partial charge on any atom is 0.417 e. The first-order valence-corrected chi connectivity index (χ1v) is 7.43. The third-order valence-corrected chi connectivity index (χ3v) is 4.34. The molecular formula is C15H6BrClF3NO2. The number of benzene rings is 2. The summed E-state index contributed by atoms with van der Waals surface area (Å²) in [6, 6.07) is 7.72. The molecular weight excluding hydrogens is 399 g/mol. The smallest absolute Gasteiger partial charge is 0.268 e. The van der Waals surface area contributed by atoms with E-state index in [1.807, 2.05) is 0 Å². The number of hydrogen-bond donors (Lipinski definition) is 0. The van der Waals surface area contributed by atoms with Gasteiger partial charge in [0, 0.05) is 4.47 Å². The molecule has 0 N–H and O–H groups in total. The van der Waals surface area contributed by atoms with E-state index in [2.05, 4.69) is 15.9 Å². The minimum atomic E-state index is -4.66. The third kappa shape index (κ3) is 2.53. The van der Waals surface area contributed by atoms with Crippen LogP contribution >= 0.6 is 27.5 Å². The summed E-state index contributed by atoms with van der Waals surface area (Å²) in [6.07, 6.45) is -4.66. The summed E-state index contributed by atoms with van der Waals surface area (Å²) in [5, 5.41) is -0.139. The van der Waals surface area contributed by atoms with Crippen molar-refractivity contribution in [1.82, 2.24) is 0 Å². The molecule has 0 saturated carbocycles. The number of alkyl halides is 3. The third-order valence-electron chi connectivity index (χ3n) is 3.38. The molecule has 1 aliphatic heterocycles. The summed E-state index contributed by atoms with van der Waals surface area (Å²) in [4.78, 5) is 25.4. The van der Waals surface area contributed by atoms with E-state index in [1.54, 1.807) is 12.1 Å². The normalized spacial score (nSPS) is 14.4. The first kappa shape index (κ1) is 16.0. The maximum absolute atomic E-state index is 13.0. The molecule has 0 saturated heterocycles. The summed E-state index contributed by atoms with van der Waals surface area (Å²) in [7, 11) is 0. The van der Waals surface area contributed by atoms with Crippen molar-refractivity contribution in [2.24, 2.45) is 0 Å². The molecule has 3 rings (SSSR count). The first-order valence-electron chi connectivity index (χ1n) is 6.26. The Labute approximate surface area is 141 Å². The highest BCUT2D eigenvalue weighted by molar-refractivity contribution is 9.10. The zero-order valence-corrected chi connectivity index (χ0v) is 13.5. The average molecular weight is 405 g/mol. The number of nitrogens with zero attached hydrogens (tertiary/aromatic N) is 1. The molecule has 23 heavy (non-hydrogen) atoms. The number of amides is 2. The SMILES string of the molecule is O=C1c2ccccc2C(=O)N1c1cc(C(F)(F)F)c(Br)cc1Cl. The van der Waals surface area contributed by atoms with Gasteiger partial charge in [0.05, 0.1) is 27.4 Å². The van der Waals surface area contributed by atoms with Gasteiger partial charge in [-0.15, -0.1) is 0 Å². The number of rotatable bonds is 1. The van der Waals surface area contributed by atoms with Gasteiger partial charge in [0.15, 0.2) is 0 Å². The van der Waals surface area contributed by atoms with Crippen molar-refractivity contribution in [3.63, 3.8) is 0 Å². The quantitative estimate of drug-likeness (QED) is 0.633. The van der Waals surface area contributed by atoms with E-state index in [0.29, 0.717) is 11.0 Å². The van der Waals surface area contributed by atoms with Crippen LogP contribution in [0.15, 0.2) is 40.9 Å². The van der Waals surface area contributed by atoms with Crippen LogP contribution in [-0.2, 0) is 6.18 Å². The minimum absolute atomic E-state index is 0.130. The summed E-state index contributed by atoms with van der Waals surface area (Å²) < 4.78 is 38.9. The van der Waals surface area contributed by atoms with E-state index in [1.165, 1.54) is 12.1 Å². The number of halogens is 5. The molecule has 0 bridgehead atoms. The zero-order valence-electron chi connectivity index (χ0n) is 11.1. The summed E-state index contributed by atoms with van der Waals surface area (Å²) in [5.74, 6) is -1.41. The van der Waals surface area contributed by atoms with Crippen molar-refractivity contribution in [1.29, 1.82) is 0 Å². The topological polar surface area (TPSA) is 37.4 Å². The second kappa shape index (κ2) is 5.35. The molecule has 0 spiro atoms. The molecule has 0 radical (unpaired) electrons.